The van der Waals surface area contributed by atoms with E-state index in [0.29, 0.717) is 29.4 Å². The fourth-order valence-corrected chi connectivity index (χ4v) is 2.46. The Hall–Kier alpha value is -1.75. The van der Waals surface area contributed by atoms with Gasteiger partial charge in [0, 0.05) is 31.6 Å². The summed E-state index contributed by atoms with van der Waals surface area (Å²) in [6.07, 6.45) is 1.54. The van der Waals surface area contributed by atoms with E-state index >= 15 is 0 Å². The number of carbonyl (C=O) groups excluding carboxylic acids is 2. The zero-order chi connectivity index (χ0) is 14.7. The molecule has 3 N–H and O–H groups in total. The molecule has 1 saturated heterocycles. The van der Waals surface area contributed by atoms with Crippen LogP contribution in [0.2, 0.25) is 5.02 Å². The fraction of sp³-hybridized carbons (Fsp3) is 0.429. The van der Waals surface area contributed by atoms with E-state index in [2.05, 4.69) is 5.32 Å². The van der Waals surface area contributed by atoms with Crippen LogP contribution in [-0.2, 0) is 4.79 Å². The quantitative estimate of drug-likeness (QED) is 0.815. The summed E-state index contributed by atoms with van der Waals surface area (Å²) in [6, 6.07) is 4.93. The highest BCUT2D eigenvalue weighted by Gasteiger charge is 2.22. The largest absolute Gasteiger partial charge is 0.398 e. The van der Waals surface area contributed by atoms with Crippen molar-refractivity contribution in [2.24, 2.45) is 0 Å². The van der Waals surface area contributed by atoms with Crippen molar-refractivity contribution in [3.05, 3.63) is 28.8 Å². The average Bonchev–Trinajstić information content (AvgIpc) is 2.42. The molecule has 0 unspecified atom stereocenters. The van der Waals surface area contributed by atoms with Crippen molar-refractivity contribution in [1.29, 1.82) is 0 Å². The van der Waals surface area contributed by atoms with Gasteiger partial charge in [0.1, 0.15) is 0 Å². The summed E-state index contributed by atoms with van der Waals surface area (Å²) in [5.41, 5.74) is 6.57. The number of nitrogens with zero attached hydrogens (tertiary/aromatic N) is 1. The van der Waals surface area contributed by atoms with E-state index in [0.717, 1.165) is 12.8 Å². The lowest BCUT2D eigenvalue weighted by molar-refractivity contribution is -0.129. The summed E-state index contributed by atoms with van der Waals surface area (Å²) < 4.78 is 0. The lowest BCUT2D eigenvalue weighted by atomic mass is 10.0. The van der Waals surface area contributed by atoms with E-state index < -0.39 is 0 Å². The molecule has 5 nitrogen and oxygen atoms in total. The molecule has 108 valence electrons. The zero-order valence-electron chi connectivity index (χ0n) is 11.4. The van der Waals surface area contributed by atoms with Gasteiger partial charge in [0.25, 0.3) is 5.91 Å². The van der Waals surface area contributed by atoms with Crippen LogP contribution in [0.4, 0.5) is 5.69 Å². The number of nitrogens with two attached hydrogens (primary N) is 1. The molecule has 20 heavy (non-hydrogen) atoms. The Kier molecular flexibility index (Phi) is 4.49. The standard InChI is InChI=1S/C14H18ClN3O2/c1-9(19)18-6-4-11(5-7-18)17-14(20)10-2-3-13(16)12(15)8-10/h2-3,8,11H,4-7,16H2,1H3,(H,17,20). The Balaban J connectivity index is 1.92. The molecule has 0 aromatic heterocycles. The van der Waals surface area contributed by atoms with Gasteiger partial charge in [-0.05, 0) is 31.0 Å². The Morgan fingerprint density at radius 3 is 2.55 bits per heavy atom. The van der Waals surface area contributed by atoms with Gasteiger partial charge in [0.15, 0.2) is 0 Å². The first-order chi connectivity index (χ1) is 9.47. The van der Waals surface area contributed by atoms with E-state index in [4.69, 9.17) is 17.3 Å². The van der Waals surface area contributed by atoms with Crippen LogP contribution >= 0.6 is 11.6 Å². The molecule has 1 aromatic carbocycles. The average molecular weight is 296 g/mol. The van der Waals surface area contributed by atoms with Crippen molar-refractivity contribution in [1.82, 2.24) is 10.2 Å². The summed E-state index contributed by atoms with van der Waals surface area (Å²) >= 11 is 5.91. The van der Waals surface area contributed by atoms with Gasteiger partial charge in [-0.1, -0.05) is 11.6 Å². The minimum absolute atomic E-state index is 0.0834. The highest BCUT2D eigenvalue weighted by Crippen LogP contribution is 2.20. The van der Waals surface area contributed by atoms with Crippen LogP contribution in [0.1, 0.15) is 30.1 Å². The molecule has 0 radical (unpaired) electrons. The SMILES string of the molecule is CC(=O)N1CCC(NC(=O)c2ccc(N)c(Cl)c2)CC1. The van der Waals surface area contributed by atoms with Crippen molar-refractivity contribution in [3.8, 4) is 0 Å². The van der Waals surface area contributed by atoms with Crippen LogP contribution in [0.25, 0.3) is 0 Å². The fourth-order valence-electron chi connectivity index (χ4n) is 2.28. The normalized spacial score (nSPS) is 16.0. The molecule has 1 aromatic rings. The van der Waals surface area contributed by atoms with E-state index in [-0.39, 0.29) is 17.9 Å². The number of hydrogen-bond acceptors (Lipinski definition) is 3. The second-order valence-corrected chi connectivity index (χ2v) is 5.40. The molecule has 0 spiro atoms. The molecule has 1 fully saturated rings. The highest BCUT2D eigenvalue weighted by atomic mass is 35.5. The van der Waals surface area contributed by atoms with Crippen LogP contribution < -0.4 is 11.1 Å². The minimum Gasteiger partial charge on any atom is -0.398 e. The van der Waals surface area contributed by atoms with Crippen molar-refractivity contribution < 1.29 is 9.59 Å². The molecule has 6 heteroatoms. The summed E-state index contributed by atoms with van der Waals surface area (Å²) in [6.45, 7) is 2.93. The Morgan fingerprint density at radius 1 is 1.35 bits per heavy atom. The second-order valence-electron chi connectivity index (χ2n) is 4.99. The molecule has 1 aliphatic heterocycles. The van der Waals surface area contributed by atoms with Gasteiger partial charge in [-0.15, -0.1) is 0 Å². The molecule has 0 bridgehead atoms. The maximum atomic E-state index is 12.1. The molecule has 1 heterocycles. The molecule has 2 amide bonds. The predicted molar refractivity (Wildman–Crippen MR) is 78.6 cm³/mol. The number of halogens is 1. The summed E-state index contributed by atoms with van der Waals surface area (Å²) in [5.74, 6) is -0.0757. The number of amides is 2. The zero-order valence-corrected chi connectivity index (χ0v) is 12.1. The maximum absolute atomic E-state index is 12.1. The molecular formula is C14H18ClN3O2. The number of benzene rings is 1. The van der Waals surface area contributed by atoms with Crippen LogP contribution in [-0.4, -0.2) is 35.8 Å². The van der Waals surface area contributed by atoms with Gasteiger partial charge in [-0.2, -0.15) is 0 Å². The maximum Gasteiger partial charge on any atom is 0.251 e. The van der Waals surface area contributed by atoms with Gasteiger partial charge in [-0.3, -0.25) is 9.59 Å². The second kappa shape index (κ2) is 6.13. The van der Waals surface area contributed by atoms with Crippen LogP contribution in [0.5, 0.6) is 0 Å². The number of likely N-dealkylation sites (tertiary alicyclic amines) is 1. The molecule has 0 atom stereocenters. The molecule has 0 aliphatic carbocycles. The number of anilines is 1. The number of hydrogen-bond donors (Lipinski definition) is 2. The third kappa shape index (κ3) is 3.42. The molecular weight excluding hydrogens is 278 g/mol. The van der Waals surface area contributed by atoms with Gasteiger partial charge in [0.2, 0.25) is 5.91 Å². The summed E-state index contributed by atoms with van der Waals surface area (Å²) in [5, 5.41) is 3.34. The molecule has 2 rings (SSSR count). The summed E-state index contributed by atoms with van der Waals surface area (Å²) in [7, 11) is 0. The van der Waals surface area contributed by atoms with Gasteiger partial charge in [0.05, 0.1) is 10.7 Å². The van der Waals surface area contributed by atoms with Crippen molar-refractivity contribution >= 4 is 29.1 Å². The Labute approximate surface area is 123 Å². The van der Waals surface area contributed by atoms with E-state index in [1.165, 1.54) is 0 Å². The number of rotatable bonds is 2. The first-order valence-electron chi connectivity index (χ1n) is 6.59. The third-order valence-electron chi connectivity index (χ3n) is 3.54. The van der Waals surface area contributed by atoms with Crippen LogP contribution in [0.3, 0.4) is 0 Å². The van der Waals surface area contributed by atoms with Crippen LogP contribution in [0.15, 0.2) is 18.2 Å². The highest BCUT2D eigenvalue weighted by molar-refractivity contribution is 6.33. The van der Waals surface area contributed by atoms with E-state index in [1.807, 2.05) is 0 Å². The Bertz CT molecular complexity index is 525. The lowest BCUT2D eigenvalue weighted by Gasteiger charge is -2.31. The van der Waals surface area contributed by atoms with E-state index in [1.54, 1.807) is 30.0 Å². The Morgan fingerprint density at radius 2 is 2.00 bits per heavy atom. The minimum atomic E-state index is -0.159. The van der Waals surface area contributed by atoms with Crippen molar-refractivity contribution in [2.75, 3.05) is 18.8 Å². The number of nitrogen functional groups attached to an aromatic ring is 1. The number of carbonyl (C=O) groups is 2. The molecule has 0 saturated carbocycles. The van der Waals surface area contributed by atoms with Gasteiger partial charge >= 0.3 is 0 Å². The van der Waals surface area contributed by atoms with Crippen LogP contribution in [0, 0.1) is 0 Å². The number of nitrogens with one attached hydrogen (secondary N) is 1. The lowest BCUT2D eigenvalue weighted by Crippen LogP contribution is -2.46. The third-order valence-corrected chi connectivity index (χ3v) is 3.87. The number of piperidine rings is 1. The molecule has 1 aliphatic rings. The summed E-state index contributed by atoms with van der Waals surface area (Å²) in [4.78, 5) is 25.1. The topological polar surface area (TPSA) is 75.4 Å². The van der Waals surface area contributed by atoms with Crippen molar-refractivity contribution in [2.45, 2.75) is 25.8 Å². The first kappa shape index (κ1) is 14.7. The van der Waals surface area contributed by atoms with Gasteiger partial charge in [-0.25, -0.2) is 0 Å². The predicted octanol–water partition coefficient (Wildman–Crippen LogP) is 1.66. The monoisotopic (exact) mass is 295 g/mol. The van der Waals surface area contributed by atoms with E-state index in [9.17, 15) is 9.59 Å². The van der Waals surface area contributed by atoms with Gasteiger partial charge < -0.3 is 16.0 Å². The first-order valence-corrected chi connectivity index (χ1v) is 6.96. The van der Waals surface area contributed by atoms with Crippen molar-refractivity contribution in [3.63, 3.8) is 0 Å². The smallest absolute Gasteiger partial charge is 0.251 e.